The number of hydrogen-bond acceptors (Lipinski definition) is 7. The molecule has 0 unspecified atom stereocenters. The predicted octanol–water partition coefficient (Wildman–Crippen LogP) is 2.33. The van der Waals surface area contributed by atoms with Crippen LogP contribution >= 0.6 is 0 Å². The predicted molar refractivity (Wildman–Crippen MR) is 120 cm³/mol. The van der Waals surface area contributed by atoms with Crippen LogP contribution in [0.1, 0.15) is 49.3 Å². The van der Waals surface area contributed by atoms with E-state index in [1.807, 2.05) is 6.07 Å². The average molecular weight is 480 g/mol. The van der Waals surface area contributed by atoms with Gasteiger partial charge in [0.25, 0.3) is 0 Å². The molecule has 0 spiro atoms. The smallest absolute Gasteiger partial charge is 0.404 e. The first-order valence-corrected chi connectivity index (χ1v) is 12.6. The van der Waals surface area contributed by atoms with Gasteiger partial charge in [-0.1, -0.05) is 0 Å². The van der Waals surface area contributed by atoms with Gasteiger partial charge in [-0.15, -0.1) is 0 Å². The fourth-order valence-electron chi connectivity index (χ4n) is 4.22. The van der Waals surface area contributed by atoms with E-state index >= 15 is 0 Å². The Balaban J connectivity index is 1.56. The first-order chi connectivity index (χ1) is 15.7. The Kier molecular flexibility index (Phi) is 7.90. The molecule has 0 aromatic carbocycles. The molecule has 2 amide bonds. The van der Waals surface area contributed by atoms with Gasteiger partial charge >= 0.3 is 6.09 Å². The summed E-state index contributed by atoms with van der Waals surface area (Å²) in [5.74, 6) is 1.04. The highest BCUT2D eigenvalue weighted by Crippen LogP contribution is 2.40. The minimum atomic E-state index is -3.55. The summed E-state index contributed by atoms with van der Waals surface area (Å²) < 4.78 is 29.1. The number of ether oxygens (including phenoxy) is 1. The number of nitrogens with one attached hydrogen (secondary N) is 3. The molecular formula is C21H29N5O6S. The quantitative estimate of drug-likeness (QED) is 0.377. The normalized spacial score (nSPS) is 18.1. The summed E-state index contributed by atoms with van der Waals surface area (Å²) in [7, 11) is -2.14. The van der Waals surface area contributed by atoms with Gasteiger partial charge in [0.1, 0.15) is 0 Å². The van der Waals surface area contributed by atoms with Crippen LogP contribution in [-0.2, 0) is 21.1 Å². The maximum atomic E-state index is 12.6. The molecule has 0 radical (unpaired) electrons. The third kappa shape index (κ3) is 6.91. The zero-order valence-electron chi connectivity index (χ0n) is 18.6. The van der Waals surface area contributed by atoms with Crippen LogP contribution in [0.25, 0.3) is 0 Å². The number of aromatic amines is 1. The molecule has 2 heterocycles. The lowest BCUT2D eigenvalue weighted by molar-refractivity contribution is -0.115. The number of anilines is 1. The van der Waals surface area contributed by atoms with Gasteiger partial charge in [0.05, 0.1) is 18.4 Å². The maximum Gasteiger partial charge on any atom is 0.404 e. The van der Waals surface area contributed by atoms with Gasteiger partial charge in [0.2, 0.25) is 11.8 Å². The molecule has 33 heavy (non-hydrogen) atoms. The molecule has 180 valence electrons. The van der Waals surface area contributed by atoms with Crippen molar-refractivity contribution in [2.45, 2.75) is 49.3 Å². The molecule has 0 aliphatic heterocycles. The minimum absolute atomic E-state index is 0.0169. The van der Waals surface area contributed by atoms with Gasteiger partial charge in [0.15, 0.2) is 15.7 Å². The van der Waals surface area contributed by atoms with Crippen LogP contribution in [0, 0.1) is 5.92 Å². The molecule has 0 saturated heterocycles. The molecule has 1 aliphatic rings. The first kappa shape index (κ1) is 24.5. The molecule has 12 heteroatoms. The minimum Gasteiger partial charge on any atom is -0.481 e. The highest BCUT2D eigenvalue weighted by molar-refractivity contribution is 7.90. The number of carboxylic acid groups (broad SMARTS) is 1. The number of H-pyrrole nitrogens is 1. The van der Waals surface area contributed by atoms with E-state index in [2.05, 4.69) is 25.8 Å². The number of methoxy groups -OCH3 is 1. The summed E-state index contributed by atoms with van der Waals surface area (Å²) in [6.07, 6.45) is 5.92. The molecule has 2 aromatic heterocycles. The maximum absolute atomic E-state index is 12.6. The Morgan fingerprint density at radius 1 is 1.30 bits per heavy atom. The van der Waals surface area contributed by atoms with Crippen molar-refractivity contribution in [3.05, 3.63) is 29.6 Å². The van der Waals surface area contributed by atoms with Crippen LogP contribution in [0.4, 0.5) is 10.6 Å². The topological polar surface area (TPSA) is 163 Å². The van der Waals surface area contributed by atoms with Crippen molar-refractivity contribution in [3.63, 3.8) is 0 Å². The molecule has 1 aliphatic carbocycles. The third-order valence-electron chi connectivity index (χ3n) is 5.79. The Morgan fingerprint density at radius 3 is 2.79 bits per heavy atom. The standard InChI is InChI=1S/C21H29N5O6S/c1-32-20-10-15(17(12-23-20)33(2,30)31)9-19(27)24-18-11-16(25-26-18)14-6-5-13(8-14)4-3-7-22-21(28)29/h10-14,22H,3-9H2,1-2H3,(H,28,29)(H2,24,25,26,27)/t13-,14-/m0/s1. The molecule has 0 bridgehead atoms. The van der Waals surface area contributed by atoms with E-state index in [4.69, 9.17) is 9.84 Å². The second-order valence-electron chi connectivity index (χ2n) is 8.29. The van der Waals surface area contributed by atoms with E-state index in [0.29, 0.717) is 29.8 Å². The summed E-state index contributed by atoms with van der Waals surface area (Å²) >= 11 is 0. The SMILES string of the molecule is COc1cc(CC(=O)Nc2cc([C@H]3CC[C@H](CCCNC(=O)O)C3)[nH]n2)c(S(C)(=O)=O)cn1. The molecular weight excluding hydrogens is 450 g/mol. The van der Waals surface area contributed by atoms with Crippen molar-refractivity contribution in [1.82, 2.24) is 20.5 Å². The molecule has 4 N–H and O–H groups in total. The van der Waals surface area contributed by atoms with Crippen LogP contribution in [0.5, 0.6) is 5.88 Å². The van der Waals surface area contributed by atoms with Crippen LogP contribution in [-0.4, -0.2) is 60.6 Å². The summed E-state index contributed by atoms with van der Waals surface area (Å²) in [6, 6.07) is 3.25. The Labute approximate surface area is 192 Å². The van der Waals surface area contributed by atoms with Crippen molar-refractivity contribution < 1.29 is 27.9 Å². The van der Waals surface area contributed by atoms with Gasteiger partial charge in [-0.3, -0.25) is 9.89 Å². The molecule has 1 fully saturated rings. The molecule has 1 saturated carbocycles. The van der Waals surface area contributed by atoms with Gasteiger partial charge in [-0.05, 0) is 43.6 Å². The van der Waals surface area contributed by atoms with Crippen LogP contribution in [0.15, 0.2) is 23.2 Å². The summed E-state index contributed by atoms with van der Waals surface area (Å²) in [6.45, 7) is 0.459. The number of sulfone groups is 1. The summed E-state index contributed by atoms with van der Waals surface area (Å²) in [5, 5.41) is 20.9. The van der Waals surface area contributed by atoms with Crippen molar-refractivity contribution in [1.29, 1.82) is 0 Å². The highest BCUT2D eigenvalue weighted by atomic mass is 32.2. The van der Waals surface area contributed by atoms with E-state index in [9.17, 15) is 18.0 Å². The molecule has 2 aromatic rings. The zero-order valence-corrected chi connectivity index (χ0v) is 19.4. The van der Waals surface area contributed by atoms with Gasteiger partial charge in [0, 0.05) is 42.7 Å². The van der Waals surface area contributed by atoms with E-state index in [-0.39, 0.29) is 17.2 Å². The van der Waals surface area contributed by atoms with Crippen molar-refractivity contribution >= 4 is 27.7 Å². The van der Waals surface area contributed by atoms with Crippen LogP contribution < -0.4 is 15.4 Å². The second-order valence-corrected chi connectivity index (χ2v) is 10.3. The van der Waals surface area contributed by atoms with E-state index in [1.54, 1.807) is 0 Å². The summed E-state index contributed by atoms with van der Waals surface area (Å²) in [5.41, 5.74) is 1.24. The van der Waals surface area contributed by atoms with E-state index in [0.717, 1.165) is 44.1 Å². The number of amides is 2. The fraction of sp³-hybridized carbons (Fsp3) is 0.524. The zero-order chi connectivity index (χ0) is 24.0. The monoisotopic (exact) mass is 479 g/mol. The number of aromatic nitrogens is 3. The highest BCUT2D eigenvalue weighted by Gasteiger charge is 2.27. The lowest BCUT2D eigenvalue weighted by Crippen LogP contribution is -2.22. The van der Waals surface area contributed by atoms with Gasteiger partial charge in [-0.25, -0.2) is 18.2 Å². The number of carbonyl (C=O) groups excluding carboxylic acids is 1. The number of rotatable bonds is 10. The third-order valence-corrected chi connectivity index (χ3v) is 6.96. The van der Waals surface area contributed by atoms with E-state index in [1.165, 1.54) is 19.4 Å². The van der Waals surface area contributed by atoms with Crippen molar-refractivity contribution in [2.75, 3.05) is 25.2 Å². The summed E-state index contributed by atoms with van der Waals surface area (Å²) in [4.78, 5) is 27.0. The Morgan fingerprint density at radius 2 is 2.09 bits per heavy atom. The number of hydrogen-bond donors (Lipinski definition) is 4. The molecule has 3 rings (SSSR count). The number of carbonyl (C=O) groups is 2. The van der Waals surface area contributed by atoms with E-state index < -0.39 is 21.8 Å². The van der Waals surface area contributed by atoms with Crippen LogP contribution in [0.2, 0.25) is 0 Å². The second kappa shape index (κ2) is 10.6. The lowest BCUT2D eigenvalue weighted by atomic mass is 9.98. The molecule has 11 nitrogen and oxygen atoms in total. The van der Waals surface area contributed by atoms with Crippen LogP contribution in [0.3, 0.4) is 0 Å². The van der Waals surface area contributed by atoms with Crippen molar-refractivity contribution in [2.24, 2.45) is 5.92 Å². The molecule has 2 atom stereocenters. The van der Waals surface area contributed by atoms with Crippen molar-refractivity contribution in [3.8, 4) is 5.88 Å². The number of nitrogens with zero attached hydrogens (tertiary/aromatic N) is 2. The lowest BCUT2D eigenvalue weighted by Gasteiger charge is -2.10. The Hall–Kier alpha value is -3.15. The average Bonchev–Trinajstić information content (AvgIpc) is 3.39. The Bertz CT molecular complexity index is 1100. The number of pyridine rings is 1. The first-order valence-electron chi connectivity index (χ1n) is 10.7. The van der Waals surface area contributed by atoms with Gasteiger partial charge < -0.3 is 20.5 Å². The largest absolute Gasteiger partial charge is 0.481 e. The fourth-order valence-corrected chi connectivity index (χ4v) is 5.07. The van der Waals surface area contributed by atoms with Gasteiger partial charge in [-0.2, -0.15) is 5.10 Å².